The lowest BCUT2D eigenvalue weighted by Gasteiger charge is -2.29. The molecule has 1 aliphatic carbocycles. The Morgan fingerprint density at radius 2 is 1.57 bits per heavy atom. The monoisotopic (exact) mass is 705 g/mol. The van der Waals surface area contributed by atoms with E-state index < -0.39 is 12.2 Å². The van der Waals surface area contributed by atoms with Crippen LogP contribution < -0.4 is 0 Å². The van der Waals surface area contributed by atoms with Gasteiger partial charge in [-0.15, -0.1) is 0 Å². The van der Waals surface area contributed by atoms with Gasteiger partial charge in [0.1, 0.15) is 5.71 Å². The predicted molar refractivity (Wildman–Crippen MR) is 199 cm³/mol. The number of aliphatic hydroxyl groups excluding tert-OH is 1. The summed E-state index contributed by atoms with van der Waals surface area (Å²) in [5.74, 6) is -1.25. The van der Waals surface area contributed by atoms with Crippen molar-refractivity contribution >= 4 is 35.0 Å². The third-order valence-corrected chi connectivity index (χ3v) is 10.2. The van der Waals surface area contributed by atoms with E-state index in [1.165, 1.54) is 25.1 Å². The summed E-state index contributed by atoms with van der Waals surface area (Å²) in [4.78, 5) is 47.4. The third kappa shape index (κ3) is 9.29. The number of nitrogens with zero attached hydrogens (tertiary/aromatic N) is 1. The van der Waals surface area contributed by atoms with Gasteiger partial charge in [-0.05, 0) is 72.4 Å². The molecule has 1 fully saturated rings. The summed E-state index contributed by atoms with van der Waals surface area (Å²) < 4.78 is 10.9. The van der Waals surface area contributed by atoms with E-state index in [4.69, 9.17) is 14.3 Å². The topological polar surface area (TPSA) is 111 Å². The first-order valence-electron chi connectivity index (χ1n) is 17.2. The molecule has 9 heteroatoms. The molecule has 4 aromatic carbocycles. The normalized spacial score (nSPS) is 14.7. The molecule has 0 amide bonds. The zero-order chi connectivity index (χ0) is 36.1. The minimum absolute atomic E-state index is 0.157. The van der Waals surface area contributed by atoms with E-state index in [1.807, 2.05) is 60.7 Å². The van der Waals surface area contributed by atoms with Gasteiger partial charge in [0.2, 0.25) is 11.6 Å². The first-order valence-corrected chi connectivity index (χ1v) is 18.0. The maximum atomic E-state index is 14.0. The average Bonchev–Trinajstić information content (AvgIpc) is 3.19. The van der Waals surface area contributed by atoms with Crippen molar-refractivity contribution in [3.8, 4) is 11.1 Å². The minimum Gasteiger partial charge on any atom is -0.502 e. The number of ether oxygens (including phenoxy) is 2. The van der Waals surface area contributed by atoms with E-state index in [1.54, 1.807) is 42.5 Å². The molecule has 5 rings (SSSR count). The Balaban J connectivity index is 1.38. The standard InChI is InChI=1S/C42H43NO7S/c1-3-49-27-13-20-37(43-50-41(47)32-16-9-5-10-17-32)39(45)31-21-24-35(25-22-31)51-38-26-23-33(28-36(38)30-14-7-4-8-15-30)40(46)42(29-44,48-2)34-18-11-6-12-19-34/h3-4,6-8,11-12,14-15,18-19,21-26,28,32,44H,1,5,9-10,13,16-17,20,27,29H2,2H3/b43-37+. The highest BCUT2D eigenvalue weighted by molar-refractivity contribution is 7.99. The van der Waals surface area contributed by atoms with Crippen LogP contribution in [-0.2, 0) is 24.7 Å². The van der Waals surface area contributed by atoms with Crippen LogP contribution in [0, 0.1) is 5.92 Å². The van der Waals surface area contributed by atoms with Gasteiger partial charge >= 0.3 is 5.97 Å². The number of hydrogen-bond donors (Lipinski definition) is 1. The lowest BCUT2D eigenvalue weighted by Crippen LogP contribution is -2.41. The Kier molecular flexibility index (Phi) is 13.5. The van der Waals surface area contributed by atoms with Crippen LogP contribution in [-0.4, -0.2) is 48.7 Å². The first-order chi connectivity index (χ1) is 24.9. The summed E-state index contributed by atoms with van der Waals surface area (Å²) in [5, 5.41) is 14.5. The molecule has 1 N–H and O–H groups in total. The quantitative estimate of drug-likeness (QED) is 0.0290. The van der Waals surface area contributed by atoms with E-state index in [9.17, 15) is 19.5 Å². The highest BCUT2D eigenvalue weighted by Gasteiger charge is 2.40. The van der Waals surface area contributed by atoms with Gasteiger partial charge in [0.25, 0.3) is 0 Å². The number of carbonyl (C=O) groups excluding carboxylic acids is 3. The van der Waals surface area contributed by atoms with Crippen molar-refractivity contribution in [3.05, 3.63) is 133 Å². The van der Waals surface area contributed by atoms with E-state index >= 15 is 0 Å². The summed E-state index contributed by atoms with van der Waals surface area (Å²) in [6, 6.07) is 31.4. The number of oxime groups is 1. The fourth-order valence-electron chi connectivity index (χ4n) is 6.20. The molecule has 1 saturated carbocycles. The molecular formula is C42H43NO7S. The van der Waals surface area contributed by atoms with Gasteiger partial charge < -0.3 is 19.4 Å². The lowest BCUT2D eigenvalue weighted by atomic mass is 9.85. The molecule has 1 aliphatic rings. The maximum absolute atomic E-state index is 14.0. The molecule has 1 unspecified atom stereocenters. The van der Waals surface area contributed by atoms with E-state index in [-0.39, 0.29) is 35.6 Å². The number of hydrogen-bond acceptors (Lipinski definition) is 9. The highest BCUT2D eigenvalue weighted by Crippen LogP contribution is 2.39. The molecular weight excluding hydrogens is 663 g/mol. The molecule has 0 spiro atoms. The average molecular weight is 706 g/mol. The van der Waals surface area contributed by atoms with Crippen LogP contribution in [0.2, 0.25) is 0 Å². The van der Waals surface area contributed by atoms with Crippen molar-refractivity contribution < 1.29 is 33.8 Å². The van der Waals surface area contributed by atoms with Crippen molar-refractivity contribution in [1.29, 1.82) is 0 Å². The van der Waals surface area contributed by atoms with Gasteiger partial charge in [0, 0.05) is 34.4 Å². The number of Topliss-reactive ketones (excluding diaryl/α,β-unsaturated/α-hetero) is 2. The summed E-state index contributed by atoms with van der Waals surface area (Å²) in [5.41, 5.74) is 1.73. The SMILES string of the molecule is C=COCCC/C(=N\OC(=O)C1CCCCC1)C(=O)c1ccc(Sc2ccc(C(=O)C(CO)(OC)c3ccccc3)cc2-c2ccccc2)cc1. The number of rotatable bonds is 17. The van der Waals surface area contributed by atoms with Gasteiger partial charge in [-0.1, -0.05) is 109 Å². The Labute approximate surface area is 303 Å². The second-order valence-electron chi connectivity index (χ2n) is 12.3. The first kappa shape index (κ1) is 37.4. The predicted octanol–water partition coefficient (Wildman–Crippen LogP) is 8.82. The van der Waals surface area contributed by atoms with Crippen LogP contribution >= 0.6 is 11.8 Å². The number of ketones is 2. The minimum atomic E-state index is -1.55. The molecule has 0 bridgehead atoms. The fraction of sp³-hybridized carbons (Fsp3) is 0.286. The molecule has 0 saturated heterocycles. The Morgan fingerprint density at radius 1 is 0.902 bits per heavy atom. The Hall–Kier alpha value is -4.83. The summed E-state index contributed by atoms with van der Waals surface area (Å²) >= 11 is 1.49. The van der Waals surface area contributed by atoms with E-state index in [0.717, 1.165) is 53.0 Å². The van der Waals surface area contributed by atoms with Crippen LogP contribution in [0.4, 0.5) is 0 Å². The molecule has 1 atom stereocenters. The van der Waals surface area contributed by atoms with Crippen molar-refractivity contribution in [1.82, 2.24) is 0 Å². The zero-order valence-corrected chi connectivity index (χ0v) is 29.6. The van der Waals surface area contributed by atoms with Crippen molar-refractivity contribution in [2.45, 2.75) is 60.3 Å². The van der Waals surface area contributed by atoms with E-state index in [0.29, 0.717) is 29.7 Å². The Bertz CT molecular complexity index is 1810. The fourth-order valence-corrected chi connectivity index (χ4v) is 7.15. The van der Waals surface area contributed by atoms with Crippen LogP contribution in [0.15, 0.2) is 131 Å². The maximum Gasteiger partial charge on any atom is 0.338 e. The zero-order valence-electron chi connectivity index (χ0n) is 28.8. The lowest BCUT2D eigenvalue weighted by molar-refractivity contribution is -0.149. The van der Waals surface area contributed by atoms with Crippen molar-refractivity contribution in [3.63, 3.8) is 0 Å². The summed E-state index contributed by atoms with van der Waals surface area (Å²) in [7, 11) is 1.42. The smallest absolute Gasteiger partial charge is 0.338 e. The molecule has 0 aromatic heterocycles. The third-order valence-electron chi connectivity index (χ3n) is 9.09. The number of benzene rings is 4. The molecule has 8 nitrogen and oxygen atoms in total. The molecule has 51 heavy (non-hydrogen) atoms. The van der Waals surface area contributed by atoms with Gasteiger partial charge in [-0.3, -0.25) is 9.59 Å². The van der Waals surface area contributed by atoms with Gasteiger partial charge in [-0.25, -0.2) is 4.79 Å². The van der Waals surface area contributed by atoms with Crippen LogP contribution in [0.5, 0.6) is 0 Å². The Morgan fingerprint density at radius 3 is 2.22 bits per heavy atom. The molecule has 0 heterocycles. The molecule has 0 radical (unpaired) electrons. The van der Waals surface area contributed by atoms with Crippen molar-refractivity contribution in [2.24, 2.45) is 11.1 Å². The highest BCUT2D eigenvalue weighted by atomic mass is 32.2. The van der Waals surface area contributed by atoms with Gasteiger partial charge in [-0.2, -0.15) is 0 Å². The van der Waals surface area contributed by atoms with Crippen LogP contribution in [0.25, 0.3) is 11.1 Å². The van der Waals surface area contributed by atoms with Crippen molar-refractivity contribution in [2.75, 3.05) is 20.3 Å². The second kappa shape index (κ2) is 18.4. The number of aliphatic hydroxyl groups is 1. The van der Waals surface area contributed by atoms with Crippen LogP contribution in [0.3, 0.4) is 0 Å². The number of carbonyl (C=O) groups is 3. The molecule has 4 aromatic rings. The van der Waals surface area contributed by atoms with Gasteiger partial charge in [0.05, 0.1) is 25.4 Å². The van der Waals surface area contributed by atoms with E-state index in [2.05, 4.69) is 11.7 Å². The second-order valence-corrected chi connectivity index (χ2v) is 13.5. The van der Waals surface area contributed by atoms with Crippen LogP contribution in [0.1, 0.15) is 71.2 Å². The van der Waals surface area contributed by atoms with Gasteiger partial charge in [0.15, 0.2) is 5.60 Å². The summed E-state index contributed by atoms with van der Waals surface area (Å²) in [6.45, 7) is 3.39. The largest absolute Gasteiger partial charge is 0.502 e. The molecule has 0 aliphatic heterocycles. The number of methoxy groups -OCH3 is 1. The molecule has 264 valence electrons. The summed E-state index contributed by atoms with van der Waals surface area (Å²) in [6.07, 6.45) is 6.76.